The zero-order valence-electron chi connectivity index (χ0n) is 11.2. The lowest BCUT2D eigenvalue weighted by molar-refractivity contribution is 0.123. The summed E-state index contributed by atoms with van der Waals surface area (Å²) in [4.78, 5) is 1.45. The molecule has 0 aromatic carbocycles. The molecular formula is C14H25NOS. The van der Waals surface area contributed by atoms with Crippen molar-refractivity contribution in [2.75, 3.05) is 19.8 Å². The molecular weight excluding hydrogens is 230 g/mol. The van der Waals surface area contributed by atoms with Crippen molar-refractivity contribution in [3.63, 3.8) is 0 Å². The molecule has 0 aliphatic carbocycles. The number of hydrogen-bond donors (Lipinski definition) is 1. The third-order valence-corrected chi connectivity index (χ3v) is 3.56. The first-order valence-electron chi connectivity index (χ1n) is 6.52. The van der Waals surface area contributed by atoms with Crippen LogP contribution in [0, 0.1) is 5.92 Å². The van der Waals surface area contributed by atoms with E-state index in [-0.39, 0.29) is 0 Å². The van der Waals surface area contributed by atoms with Crippen LogP contribution in [0.4, 0.5) is 0 Å². The third kappa shape index (κ3) is 7.53. The van der Waals surface area contributed by atoms with Gasteiger partial charge in [-0.1, -0.05) is 19.9 Å². The van der Waals surface area contributed by atoms with E-state index in [1.807, 2.05) is 11.3 Å². The van der Waals surface area contributed by atoms with Crippen LogP contribution in [-0.2, 0) is 11.2 Å². The van der Waals surface area contributed by atoms with Crippen molar-refractivity contribution in [2.45, 2.75) is 39.7 Å². The Labute approximate surface area is 109 Å². The van der Waals surface area contributed by atoms with Crippen molar-refractivity contribution < 1.29 is 4.74 Å². The first-order valence-corrected chi connectivity index (χ1v) is 7.40. The smallest absolute Gasteiger partial charge is 0.0591 e. The number of thiophene rings is 1. The Morgan fingerprint density at radius 3 is 2.76 bits per heavy atom. The maximum atomic E-state index is 5.57. The lowest BCUT2D eigenvalue weighted by atomic mass is 10.1. The largest absolute Gasteiger partial charge is 0.380 e. The number of hydrogen-bond acceptors (Lipinski definition) is 3. The SMILES string of the molecule is CC(C)CCOCCNC(C)Cc1cccs1. The van der Waals surface area contributed by atoms with E-state index < -0.39 is 0 Å². The Morgan fingerprint density at radius 2 is 2.12 bits per heavy atom. The van der Waals surface area contributed by atoms with Crippen molar-refractivity contribution in [3.8, 4) is 0 Å². The van der Waals surface area contributed by atoms with Gasteiger partial charge < -0.3 is 10.1 Å². The molecule has 0 saturated heterocycles. The van der Waals surface area contributed by atoms with Gasteiger partial charge in [0.2, 0.25) is 0 Å². The van der Waals surface area contributed by atoms with Gasteiger partial charge in [-0.05, 0) is 37.1 Å². The lowest BCUT2D eigenvalue weighted by Gasteiger charge is -2.13. The van der Waals surface area contributed by atoms with Gasteiger partial charge in [-0.25, -0.2) is 0 Å². The van der Waals surface area contributed by atoms with E-state index in [0.29, 0.717) is 6.04 Å². The molecule has 1 aromatic heterocycles. The standard InChI is InChI=1S/C14H25NOS/c1-12(2)6-8-16-9-7-15-13(3)11-14-5-4-10-17-14/h4-5,10,12-13,15H,6-9,11H2,1-3H3. The fourth-order valence-corrected chi connectivity index (χ4v) is 2.44. The second-order valence-electron chi connectivity index (χ2n) is 4.93. The number of ether oxygens (including phenoxy) is 1. The molecule has 0 bridgehead atoms. The molecule has 1 N–H and O–H groups in total. The minimum absolute atomic E-state index is 0.530. The quantitative estimate of drug-likeness (QED) is 0.683. The highest BCUT2D eigenvalue weighted by atomic mass is 32.1. The van der Waals surface area contributed by atoms with Gasteiger partial charge in [0.25, 0.3) is 0 Å². The molecule has 0 radical (unpaired) electrons. The van der Waals surface area contributed by atoms with Gasteiger partial charge in [0.05, 0.1) is 6.61 Å². The van der Waals surface area contributed by atoms with E-state index in [9.17, 15) is 0 Å². The summed E-state index contributed by atoms with van der Waals surface area (Å²) in [5.74, 6) is 0.737. The molecule has 0 fully saturated rings. The van der Waals surface area contributed by atoms with Gasteiger partial charge in [-0.3, -0.25) is 0 Å². The normalized spacial score (nSPS) is 13.2. The molecule has 0 amide bonds. The van der Waals surface area contributed by atoms with Crippen LogP contribution in [0.5, 0.6) is 0 Å². The van der Waals surface area contributed by atoms with Crippen LogP contribution in [-0.4, -0.2) is 25.8 Å². The van der Waals surface area contributed by atoms with E-state index in [1.165, 1.54) is 4.88 Å². The summed E-state index contributed by atoms with van der Waals surface area (Å²) in [6.45, 7) is 9.34. The Kier molecular flexibility index (Phi) is 7.49. The molecule has 1 atom stereocenters. The first-order chi connectivity index (χ1) is 8.18. The van der Waals surface area contributed by atoms with Gasteiger partial charge in [-0.15, -0.1) is 11.3 Å². The van der Waals surface area contributed by atoms with Crippen molar-refractivity contribution in [1.82, 2.24) is 5.32 Å². The van der Waals surface area contributed by atoms with Gasteiger partial charge in [0, 0.05) is 24.1 Å². The molecule has 0 spiro atoms. The van der Waals surface area contributed by atoms with Crippen molar-refractivity contribution in [1.29, 1.82) is 0 Å². The highest BCUT2D eigenvalue weighted by Gasteiger charge is 2.03. The molecule has 17 heavy (non-hydrogen) atoms. The zero-order valence-corrected chi connectivity index (χ0v) is 12.1. The minimum atomic E-state index is 0.530. The summed E-state index contributed by atoms with van der Waals surface area (Å²) < 4.78 is 5.57. The second kappa shape index (κ2) is 8.67. The Balaban J connectivity index is 1.95. The monoisotopic (exact) mass is 255 g/mol. The average molecular weight is 255 g/mol. The molecule has 98 valence electrons. The first kappa shape index (κ1) is 14.7. The number of rotatable bonds is 9. The van der Waals surface area contributed by atoms with E-state index in [0.717, 1.165) is 38.5 Å². The molecule has 1 unspecified atom stereocenters. The fourth-order valence-electron chi connectivity index (χ4n) is 1.60. The third-order valence-electron chi connectivity index (χ3n) is 2.67. The highest BCUT2D eigenvalue weighted by molar-refractivity contribution is 7.09. The highest BCUT2D eigenvalue weighted by Crippen LogP contribution is 2.10. The molecule has 0 aliphatic heterocycles. The van der Waals surface area contributed by atoms with Crippen LogP contribution in [0.25, 0.3) is 0 Å². The van der Waals surface area contributed by atoms with Crippen molar-refractivity contribution in [2.24, 2.45) is 5.92 Å². The predicted octanol–water partition coefficient (Wildman–Crippen LogP) is 3.33. The molecule has 0 saturated carbocycles. The van der Waals surface area contributed by atoms with Crippen LogP contribution in [0.3, 0.4) is 0 Å². The van der Waals surface area contributed by atoms with Crippen LogP contribution in [0.15, 0.2) is 17.5 Å². The number of nitrogens with one attached hydrogen (secondary N) is 1. The summed E-state index contributed by atoms with van der Waals surface area (Å²) in [5.41, 5.74) is 0. The molecule has 0 aliphatic rings. The summed E-state index contributed by atoms with van der Waals surface area (Å²) in [6.07, 6.45) is 2.27. The Bertz CT molecular complexity index is 272. The average Bonchev–Trinajstić information content (AvgIpc) is 2.75. The van der Waals surface area contributed by atoms with Gasteiger partial charge >= 0.3 is 0 Å². The maximum Gasteiger partial charge on any atom is 0.0591 e. The van der Waals surface area contributed by atoms with Crippen LogP contribution in [0.1, 0.15) is 32.1 Å². The minimum Gasteiger partial charge on any atom is -0.380 e. The van der Waals surface area contributed by atoms with Crippen molar-refractivity contribution in [3.05, 3.63) is 22.4 Å². The molecule has 1 rings (SSSR count). The van der Waals surface area contributed by atoms with E-state index in [2.05, 4.69) is 43.6 Å². The van der Waals surface area contributed by atoms with E-state index in [4.69, 9.17) is 4.74 Å². The van der Waals surface area contributed by atoms with E-state index in [1.54, 1.807) is 0 Å². The lowest BCUT2D eigenvalue weighted by Crippen LogP contribution is -2.31. The van der Waals surface area contributed by atoms with Crippen molar-refractivity contribution >= 4 is 11.3 Å². The van der Waals surface area contributed by atoms with Crippen LogP contribution < -0.4 is 5.32 Å². The molecule has 3 heteroatoms. The zero-order chi connectivity index (χ0) is 12.5. The summed E-state index contributed by atoms with van der Waals surface area (Å²) >= 11 is 1.83. The molecule has 2 nitrogen and oxygen atoms in total. The van der Waals surface area contributed by atoms with Gasteiger partial charge in [0.1, 0.15) is 0 Å². The van der Waals surface area contributed by atoms with Crippen LogP contribution >= 0.6 is 11.3 Å². The topological polar surface area (TPSA) is 21.3 Å². The Morgan fingerprint density at radius 1 is 1.29 bits per heavy atom. The molecule has 1 heterocycles. The summed E-state index contributed by atoms with van der Waals surface area (Å²) in [7, 11) is 0. The Hall–Kier alpha value is -0.380. The molecule has 1 aromatic rings. The van der Waals surface area contributed by atoms with Crippen LogP contribution in [0.2, 0.25) is 0 Å². The van der Waals surface area contributed by atoms with E-state index >= 15 is 0 Å². The fraction of sp³-hybridized carbons (Fsp3) is 0.714. The van der Waals surface area contributed by atoms with Gasteiger partial charge in [0.15, 0.2) is 0 Å². The predicted molar refractivity (Wildman–Crippen MR) is 75.8 cm³/mol. The van der Waals surface area contributed by atoms with Gasteiger partial charge in [-0.2, -0.15) is 0 Å². The second-order valence-corrected chi connectivity index (χ2v) is 5.97. The summed E-state index contributed by atoms with van der Waals surface area (Å²) in [5, 5.41) is 5.63. The summed E-state index contributed by atoms with van der Waals surface area (Å²) in [6, 6.07) is 4.84. The maximum absolute atomic E-state index is 5.57.